The maximum absolute atomic E-state index is 14.6. The lowest BCUT2D eigenvalue weighted by molar-refractivity contribution is -0.122. The van der Waals surface area contributed by atoms with Crippen LogP contribution >= 0.6 is 0 Å². The number of carbonyl (C=O) groups is 2. The van der Waals surface area contributed by atoms with Crippen LogP contribution < -0.4 is 20.7 Å². The van der Waals surface area contributed by atoms with E-state index in [1.807, 2.05) is 17.0 Å². The van der Waals surface area contributed by atoms with Gasteiger partial charge in [-0.2, -0.15) is 0 Å². The summed E-state index contributed by atoms with van der Waals surface area (Å²) in [6.45, 7) is 7.98. The van der Waals surface area contributed by atoms with Crippen molar-refractivity contribution < 1.29 is 23.1 Å². The number of oxazole rings is 1. The molecule has 248 valence electrons. The highest BCUT2D eigenvalue weighted by Gasteiger charge is 2.40. The fourth-order valence-corrected chi connectivity index (χ4v) is 5.79. The molecule has 48 heavy (non-hydrogen) atoms. The van der Waals surface area contributed by atoms with Crippen LogP contribution in [0.1, 0.15) is 54.0 Å². The van der Waals surface area contributed by atoms with E-state index in [-0.39, 0.29) is 34.9 Å². The molecular weight excluding hydrogens is 615 g/mol. The lowest BCUT2D eigenvalue weighted by Gasteiger charge is -2.35. The smallest absolute Gasteiger partial charge is 0.281 e. The van der Waals surface area contributed by atoms with Crippen LogP contribution in [0.3, 0.4) is 0 Å². The number of morpholine rings is 1. The van der Waals surface area contributed by atoms with Crippen LogP contribution in [0.15, 0.2) is 94.8 Å². The molecule has 0 radical (unpaired) electrons. The van der Waals surface area contributed by atoms with Crippen LogP contribution in [-0.2, 0) is 21.4 Å². The fourth-order valence-electron chi connectivity index (χ4n) is 5.79. The zero-order chi connectivity index (χ0) is 33.8. The van der Waals surface area contributed by atoms with Crippen LogP contribution in [0.4, 0.5) is 15.9 Å². The van der Waals surface area contributed by atoms with Gasteiger partial charge in [-0.05, 0) is 59.4 Å². The van der Waals surface area contributed by atoms with Crippen molar-refractivity contribution in [3.8, 4) is 0 Å². The number of hydrogen-bond donors (Lipinski definition) is 1. The number of nitrogens with zero attached hydrogens (tertiary/aromatic N) is 5. The van der Waals surface area contributed by atoms with E-state index < -0.39 is 23.4 Å². The van der Waals surface area contributed by atoms with Gasteiger partial charge in [0.05, 0.1) is 18.8 Å². The van der Waals surface area contributed by atoms with Crippen molar-refractivity contribution in [3.05, 3.63) is 124 Å². The Morgan fingerprint density at radius 3 is 2.50 bits per heavy atom. The van der Waals surface area contributed by atoms with Crippen molar-refractivity contribution in [2.75, 3.05) is 42.6 Å². The van der Waals surface area contributed by atoms with Gasteiger partial charge >= 0.3 is 0 Å². The Hall–Kier alpha value is -5.36. The first kappa shape index (κ1) is 32.6. The Morgan fingerprint density at radius 2 is 1.81 bits per heavy atom. The van der Waals surface area contributed by atoms with Crippen molar-refractivity contribution in [1.29, 1.82) is 0 Å². The molecule has 6 rings (SSSR count). The molecule has 11 nitrogen and oxygen atoms in total. The first-order valence-electron chi connectivity index (χ1n) is 15.8. The lowest BCUT2D eigenvalue weighted by Crippen LogP contribution is -2.48. The molecule has 2 aromatic carbocycles. The molecular formula is C36H37FN6O5. The van der Waals surface area contributed by atoms with Crippen LogP contribution in [0.2, 0.25) is 0 Å². The number of pyridine rings is 1. The molecule has 0 aliphatic carbocycles. The summed E-state index contributed by atoms with van der Waals surface area (Å²) in [6, 6.07) is 17.1. The molecule has 5 aromatic rings. The topological polar surface area (TPSA) is 122 Å². The number of hydrogen-bond acceptors (Lipinski definition) is 8. The average Bonchev–Trinajstić information content (AvgIpc) is 3.63. The second-order valence-electron chi connectivity index (χ2n) is 12.6. The molecule has 4 heterocycles. The van der Waals surface area contributed by atoms with E-state index in [1.54, 1.807) is 48.7 Å². The molecule has 0 saturated carbocycles. The SMILES string of the molecule is CC(C)(C)c1ccc(N(C(=O)c2cocn2)C(C(=O)NCCc2cccc(F)c2)c2c(N3CCOCC3)nc3ccccn3c2=O)cc1. The van der Waals surface area contributed by atoms with Crippen molar-refractivity contribution in [1.82, 2.24) is 19.7 Å². The third kappa shape index (κ3) is 6.84. The molecule has 3 aromatic heterocycles. The van der Waals surface area contributed by atoms with Crippen LogP contribution in [0.5, 0.6) is 0 Å². The zero-order valence-electron chi connectivity index (χ0n) is 27.1. The number of nitrogens with one attached hydrogen (secondary N) is 1. The lowest BCUT2D eigenvalue weighted by atomic mass is 9.87. The van der Waals surface area contributed by atoms with Crippen LogP contribution in [0.25, 0.3) is 5.65 Å². The Labute approximate surface area is 277 Å². The third-order valence-electron chi connectivity index (χ3n) is 8.32. The number of fused-ring (bicyclic) bond motifs is 1. The molecule has 1 atom stereocenters. The van der Waals surface area contributed by atoms with Crippen molar-refractivity contribution in [3.63, 3.8) is 0 Å². The first-order valence-corrected chi connectivity index (χ1v) is 15.8. The van der Waals surface area contributed by atoms with Gasteiger partial charge in [0.25, 0.3) is 11.5 Å². The van der Waals surface area contributed by atoms with Crippen molar-refractivity contribution in [2.45, 2.75) is 38.6 Å². The van der Waals surface area contributed by atoms with Gasteiger partial charge in [-0.3, -0.25) is 23.7 Å². The van der Waals surface area contributed by atoms with Crippen LogP contribution in [0, 0.1) is 5.82 Å². The van der Waals surface area contributed by atoms with E-state index in [4.69, 9.17) is 14.1 Å². The molecule has 0 spiro atoms. The normalized spacial score (nSPS) is 14.1. The number of benzene rings is 2. The molecule has 1 unspecified atom stereocenters. The molecule has 12 heteroatoms. The van der Waals surface area contributed by atoms with Crippen molar-refractivity contribution in [2.24, 2.45) is 0 Å². The standard InChI is InChI=1S/C36H37FN6O5/c1-36(2,3)25-10-12-27(13-11-25)43(34(45)28-22-48-23-39-28)31(33(44)38-15-14-24-7-6-8-26(37)21-24)30-32(41-17-19-47-20-18-41)40-29-9-4-5-16-42(29)35(30)46/h4-13,16,21-23,31H,14-15,17-20H2,1-3H3,(H,38,44). The Kier molecular flexibility index (Phi) is 9.35. The maximum atomic E-state index is 14.6. The van der Waals surface area contributed by atoms with Gasteiger partial charge in [0, 0.05) is 31.5 Å². The predicted molar refractivity (Wildman–Crippen MR) is 179 cm³/mol. The van der Waals surface area contributed by atoms with Gasteiger partial charge in [0.15, 0.2) is 12.1 Å². The number of anilines is 2. The highest BCUT2D eigenvalue weighted by atomic mass is 19.1. The van der Waals surface area contributed by atoms with Gasteiger partial charge in [-0.15, -0.1) is 0 Å². The summed E-state index contributed by atoms with van der Waals surface area (Å²) in [4.78, 5) is 55.8. The number of rotatable bonds is 9. The molecule has 0 bridgehead atoms. The van der Waals surface area contributed by atoms with Crippen LogP contribution in [-0.4, -0.2) is 59.0 Å². The van der Waals surface area contributed by atoms with E-state index in [0.717, 1.165) is 12.0 Å². The number of halogens is 1. The first-order chi connectivity index (χ1) is 23.1. The number of ether oxygens (including phenoxy) is 1. The maximum Gasteiger partial charge on any atom is 0.281 e. The Bertz CT molecular complexity index is 1960. The van der Waals surface area contributed by atoms with Gasteiger partial charge < -0.3 is 19.4 Å². The van der Waals surface area contributed by atoms with Gasteiger partial charge in [-0.1, -0.05) is 51.1 Å². The Balaban J connectivity index is 1.54. The quantitative estimate of drug-likeness (QED) is 0.243. The molecule has 1 aliphatic rings. The average molecular weight is 653 g/mol. The molecule has 1 fully saturated rings. The monoisotopic (exact) mass is 652 g/mol. The van der Waals surface area contributed by atoms with E-state index in [2.05, 4.69) is 31.1 Å². The molecule has 2 amide bonds. The van der Waals surface area contributed by atoms with Gasteiger partial charge in [0.1, 0.15) is 29.6 Å². The van der Waals surface area contributed by atoms with Gasteiger partial charge in [-0.25, -0.2) is 14.4 Å². The second-order valence-corrected chi connectivity index (χ2v) is 12.6. The number of amides is 2. The minimum absolute atomic E-state index is 0.0144. The van der Waals surface area contributed by atoms with E-state index in [9.17, 15) is 18.8 Å². The van der Waals surface area contributed by atoms with E-state index in [1.165, 1.54) is 27.7 Å². The minimum Gasteiger partial charge on any atom is -0.451 e. The van der Waals surface area contributed by atoms with E-state index in [0.29, 0.717) is 49.6 Å². The summed E-state index contributed by atoms with van der Waals surface area (Å²) in [5.74, 6) is -1.37. The molecule has 1 aliphatic heterocycles. The largest absolute Gasteiger partial charge is 0.451 e. The fraction of sp³-hybridized carbons (Fsp3) is 0.306. The summed E-state index contributed by atoms with van der Waals surface area (Å²) in [5.41, 5.74) is 1.73. The second kappa shape index (κ2) is 13.8. The molecule has 1 saturated heterocycles. The highest BCUT2D eigenvalue weighted by Crippen LogP contribution is 2.34. The summed E-state index contributed by atoms with van der Waals surface area (Å²) in [7, 11) is 0. The number of carbonyl (C=O) groups excluding carboxylic acids is 2. The number of aromatic nitrogens is 3. The summed E-state index contributed by atoms with van der Waals surface area (Å²) in [5, 5.41) is 2.92. The third-order valence-corrected chi connectivity index (χ3v) is 8.32. The van der Waals surface area contributed by atoms with E-state index >= 15 is 0 Å². The molecule has 1 N–H and O–H groups in total. The zero-order valence-corrected chi connectivity index (χ0v) is 27.1. The summed E-state index contributed by atoms with van der Waals surface area (Å²) < 4.78 is 26.0. The highest BCUT2D eigenvalue weighted by molar-refractivity contribution is 6.09. The minimum atomic E-state index is -1.49. The summed E-state index contributed by atoms with van der Waals surface area (Å²) >= 11 is 0. The van der Waals surface area contributed by atoms with Gasteiger partial charge in [0.2, 0.25) is 5.91 Å². The van der Waals surface area contributed by atoms with Crippen molar-refractivity contribution >= 4 is 29.0 Å². The Morgan fingerprint density at radius 1 is 1.04 bits per heavy atom. The summed E-state index contributed by atoms with van der Waals surface area (Å²) in [6.07, 6.45) is 4.23. The predicted octanol–water partition coefficient (Wildman–Crippen LogP) is 4.70.